The van der Waals surface area contributed by atoms with Crippen LogP contribution in [0.4, 0.5) is 5.69 Å². The van der Waals surface area contributed by atoms with E-state index in [2.05, 4.69) is 10.4 Å². The second kappa shape index (κ2) is 6.24. The van der Waals surface area contributed by atoms with Gasteiger partial charge in [-0.15, -0.1) is 11.3 Å². The van der Waals surface area contributed by atoms with Gasteiger partial charge < -0.3 is 5.32 Å². The van der Waals surface area contributed by atoms with Crippen LogP contribution in [0.15, 0.2) is 42.5 Å². The van der Waals surface area contributed by atoms with Crippen LogP contribution in [0, 0.1) is 11.3 Å². The third-order valence-electron chi connectivity index (χ3n) is 3.21. The van der Waals surface area contributed by atoms with Crippen molar-refractivity contribution in [3.8, 4) is 16.6 Å². The van der Waals surface area contributed by atoms with Crippen molar-refractivity contribution in [2.75, 3.05) is 5.32 Å². The zero-order chi connectivity index (χ0) is 16.4. The van der Waals surface area contributed by atoms with E-state index in [-0.39, 0.29) is 5.91 Å². The zero-order valence-corrected chi connectivity index (χ0v) is 13.6. The lowest BCUT2D eigenvalue weighted by molar-refractivity contribution is 0.102. The molecule has 0 aliphatic rings. The van der Waals surface area contributed by atoms with E-state index in [0.29, 0.717) is 21.3 Å². The SMILES string of the molecule is Cn1nc(C(=O)Nc2ccc(C#N)cc2)cc1-c1ccc(Cl)s1. The molecule has 0 aliphatic carbocycles. The molecule has 0 spiro atoms. The second-order valence-corrected chi connectivity index (χ2v) is 6.50. The maximum atomic E-state index is 12.3. The zero-order valence-electron chi connectivity index (χ0n) is 12.1. The minimum absolute atomic E-state index is 0.306. The fourth-order valence-corrected chi connectivity index (χ4v) is 3.17. The van der Waals surface area contributed by atoms with Crippen molar-refractivity contribution in [3.05, 3.63) is 58.1 Å². The van der Waals surface area contributed by atoms with E-state index in [1.165, 1.54) is 11.3 Å². The number of carbonyl (C=O) groups is 1. The van der Waals surface area contributed by atoms with Gasteiger partial charge in [-0.2, -0.15) is 10.4 Å². The van der Waals surface area contributed by atoms with Crippen molar-refractivity contribution in [2.24, 2.45) is 7.05 Å². The normalized spacial score (nSPS) is 10.3. The van der Waals surface area contributed by atoms with Crippen LogP contribution in [0.1, 0.15) is 16.1 Å². The summed E-state index contributed by atoms with van der Waals surface area (Å²) in [6.45, 7) is 0. The van der Waals surface area contributed by atoms with E-state index >= 15 is 0 Å². The quantitative estimate of drug-likeness (QED) is 0.784. The van der Waals surface area contributed by atoms with Crippen molar-refractivity contribution in [1.82, 2.24) is 9.78 Å². The molecule has 1 N–H and O–H groups in total. The van der Waals surface area contributed by atoms with Gasteiger partial charge in [0.2, 0.25) is 0 Å². The molecule has 0 atom stereocenters. The number of nitrogens with zero attached hydrogens (tertiary/aromatic N) is 3. The van der Waals surface area contributed by atoms with Crippen LogP contribution in [-0.4, -0.2) is 15.7 Å². The molecule has 7 heteroatoms. The number of nitriles is 1. The maximum absolute atomic E-state index is 12.3. The highest BCUT2D eigenvalue weighted by Gasteiger charge is 2.15. The number of benzene rings is 1. The lowest BCUT2D eigenvalue weighted by Gasteiger charge is -2.02. The Labute approximate surface area is 141 Å². The first-order chi connectivity index (χ1) is 11.1. The Hall–Kier alpha value is -2.62. The van der Waals surface area contributed by atoms with Gasteiger partial charge in [0.15, 0.2) is 5.69 Å². The lowest BCUT2D eigenvalue weighted by Crippen LogP contribution is -2.12. The van der Waals surface area contributed by atoms with E-state index in [1.54, 1.807) is 42.1 Å². The van der Waals surface area contributed by atoms with Crippen LogP contribution >= 0.6 is 22.9 Å². The van der Waals surface area contributed by atoms with Crippen LogP contribution in [0.5, 0.6) is 0 Å². The Morgan fingerprint density at radius 2 is 2.04 bits per heavy atom. The van der Waals surface area contributed by atoms with Crippen molar-refractivity contribution < 1.29 is 4.79 Å². The predicted molar refractivity (Wildman–Crippen MR) is 90.6 cm³/mol. The summed E-state index contributed by atoms with van der Waals surface area (Å²) in [5.74, 6) is -0.306. The number of hydrogen-bond donors (Lipinski definition) is 1. The number of thiophene rings is 1. The van der Waals surface area contributed by atoms with Crippen molar-refractivity contribution in [1.29, 1.82) is 5.26 Å². The summed E-state index contributed by atoms with van der Waals surface area (Å²) < 4.78 is 2.33. The number of anilines is 1. The molecule has 23 heavy (non-hydrogen) atoms. The van der Waals surface area contributed by atoms with Crippen molar-refractivity contribution >= 4 is 34.5 Å². The minimum atomic E-state index is -0.306. The van der Waals surface area contributed by atoms with E-state index in [9.17, 15) is 4.79 Å². The number of hydrogen-bond acceptors (Lipinski definition) is 4. The molecule has 2 heterocycles. The molecule has 0 bridgehead atoms. The highest BCUT2D eigenvalue weighted by atomic mass is 35.5. The highest BCUT2D eigenvalue weighted by molar-refractivity contribution is 7.19. The summed E-state index contributed by atoms with van der Waals surface area (Å²) in [5.41, 5.74) is 2.29. The summed E-state index contributed by atoms with van der Waals surface area (Å²) in [4.78, 5) is 13.2. The van der Waals surface area contributed by atoms with Gasteiger partial charge in [-0.25, -0.2) is 0 Å². The number of amides is 1. The van der Waals surface area contributed by atoms with Gasteiger partial charge in [-0.05, 0) is 42.5 Å². The van der Waals surface area contributed by atoms with Crippen LogP contribution in [0.25, 0.3) is 10.6 Å². The van der Waals surface area contributed by atoms with Gasteiger partial charge in [-0.1, -0.05) is 11.6 Å². The van der Waals surface area contributed by atoms with Crippen LogP contribution in [0.3, 0.4) is 0 Å². The Bertz CT molecular complexity index is 905. The van der Waals surface area contributed by atoms with Crippen LogP contribution in [-0.2, 0) is 7.05 Å². The number of aryl methyl sites for hydroxylation is 1. The minimum Gasteiger partial charge on any atom is -0.321 e. The first-order valence-corrected chi connectivity index (χ1v) is 7.87. The molecule has 114 valence electrons. The van der Waals surface area contributed by atoms with Gasteiger partial charge in [-0.3, -0.25) is 9.48 Å². The Morgan fingerprint density at radius 1 is 1.30 bits per heavy atom. The Morgan fingerprint density at radius 3 is 2.65 bits per heavy atom. The van der Waals surface area contributed by atoms with Crippen LogP contribution in [0.2, 0.25) is 4.34 Å². The second-order valence-electron chi connectivity index (χ2n) is 4.79. The van der Waals surface area contributed by atoms with Gasteiger partial charge in [0.1, 0.15) is 0 Å². The first kappa shape index (κ1) is 15.3. The monoisotopic (exact) mass is 342 g/mol. The molecule has 3 rings (SSSR count). The summed E-state index contributed by atoms with van der Waals surface area (Å²) in [6.07, 6.45) is 0. The Balaban J connectivity index is 1.81. The summed E-state index contributed by atoms with van der Waals surface area (Å²) in [6, 6.07) is 14.1. The average Bonchev–Trinajstić information content (AvgIpc) is 3.14. The maximum Gasteiger partial charge on any atom is 0.276 e. The largest absolute Gasteiger partial charge is 0.321 e. The molecule has 3 aromatic rings. The van der Waals surface area contributed by atoms with Crippen molar-refractivity contribution in [3.63, 3.8) is 0 Å². The number of carbonyl (C=O) groups excluding carboxylic acids is 1. The van der Waals surface area contributed by atoms with Gasteiger partial charge in [0.05, 0.1) is 26.5 Å². The standard InChI is InChI=1S/C16H11ClN4OS/c1-21-13(14-6-7-15(17)23-14)8-12(20-21)16(22)19-11-4-2-10(9-18)3-5-11/h2-8H,1H3,(H,19,22). The molecule has 0 radical (unpaired) electrons. The summed E-state index contributed by atoms with van der Waals surface area (Å²) >= 11 is 7.38. The van der Waals surface area contributed by atoms with Gasteiger partial charge >= 0.3 is 0 Å². The first-order valence-electron chi connectivity index (χ1n) is 6.68. The molecule has 2 aromatic heterocycles. The summed E-state index contributed by atoms with van der Waals surface area (Å²) in [7, 11) is 1.78. The average molecular weight is 343 g/mol. The predicted octanol–water partition coefficient (Wildman–Crippen LogP) is 3.93. The molecule has 0 unspecified atom stereocenters. The van der Waals surface area contributed by atoms with Crippen LogP contribution < -0.4 is 5.32 Å². The third-order valence-corrected chi connectivity index (χ3v) is 4.46. The molecule has 0 fully saturated rings. The lowest BCUT2D eigenvalue weighted by atomic mass is 10.2. The van der Waals surface area contributed by atoms with Gasteiger partial charge in [0.25, 0.3) is 5.91 Å². The number of rotatable bonds is 3. The third kappa shape index (κ3) is 3.26. The fraction of sp³-hybridized carbons (Fsp3) is 0.0625. The molecule has 1 aromatic carbocycles. The molecule has 5 nitrogen and oxygen atoms in total. The molecule has 0 saturated carbocycles. The Kier molecular flexibility index (Phi) is 4.15. The molecular formula is C16H11ClN4OS. The smallest absolute Gasteiger partial charge is 0.276 e. The number of halogens is 1. The molecule has 0 saturated heterocycles. The van der Waals surface area contributed by atoms with E-state index < -0.39 is 0 Å². The molecule has 0 aliphatic heterocycles. The van der Waals surface area contributed by atoms with E-state index in [0.717, 1.165) is 10.6 Å². The fourth-order valence-electron chi connectivity index (χ4n) is 2.08. The number of nitrogens with one attached hydrogen (secondary N) is 1. The molecule has 1 amide bonds. The highest BCUT2D eigenvalue weighted by Crippen LogP contribution is 2.31. The topological polar surface area (TPSA) is 70.7 Å². The van der Waals surface area contributed by atoms with E-state index in [1.807, 2.05) is 18.2 Å². The summed E-state index contributed by atoms with van der Waals surface area (Å²) in [5, 5.41) is 15.8. The number of aromatic nitrogens is 2. The van der Waals surface area contributed by atoms with E-state index in [4.69, 9.17) is 16.9 Å². The van der Waals surface area contributed by atoms with Gasteiger partial charge in [0, 0.05) is 12.7 Å². The van der Waals surface area contributed by atoms with Crippen molar-refractivity contribution in [2.45, 2.75) is 0 Å². The molecular weight excluding hydrogens is 332 g/mol.